The van der Waals surface area contributed by atoms with Crippen molar-refractivity contribution < 1.29 is 28.5 Å². The Morgan fingerprint density at radius 2 is 1.60 bits per heavy atom. The van der Waals surface area contributed by atoms with E-state index in [9.17, 15) is 4.79 Å². The molecule has 114 valence electrons. The van der Waals surface area contributed by atoms with Gasteiger partial charge in [0.1, 0.15) is 24.4 Å². The summed E-state index contributed by atoms with van der Waals surface area (Å²) in [6, 6.07) is 0. The second-order valence-corrected chi connectivity index (χ2v) is 6.23. The van der Waals surface area contributed by atoms with E-state index in [1.165, 1.54) is 0 Å². The molecule has 3 fully saturated rings. The molecule has 5 atom stereocenters. The highest BCUT2D eigenvalue weighted by molar-refractivity contribution is 5.45. The number of hydrogen-bond acceptors (Lipinski definition) is 6. The summed E-state index contributed by atoms with van der Waals surface area (Å²) in [5.41, 5.74) is 0. The van der Waals surface area contributed by atoms with Gasteiger partial charge in [-0.15, -0.1) is 0 Å². The van der Waals surface area contributed by atoms with Crippen LogP contribution in [0.15, 0.2) is 0 Å². The van der Waals surface area contributed by atoms with E-state index >= 15 is 0 Å². The Balaban J connectivity index is 1.78. The Morgan fingerprint density at radius 1 is 0.950 bits per heavy atom. The Bertz CT molecular complexity index is 398. The maximum absolute atomic E-state index is 10.5. The number of nitrogens with one attached hydrogen (secondary N) is 1. The van der Waals surface area contributed by atoms with Gasteiger partial charge < -0.3 is 29.0 Å². The fraction of sp³-hybridized carbons (Fsp3) is 0.923. The normalized spacial score (nSPS) is 44.7. The fourth-order valence-corrected chi connectivity index (χ4v) is 3.05. The van der Waals surface area contributed by atoms with Gasteiger partial charge in [-0.1, -0.05) is 0 Å². The summed E-state index contributed by atoms with van der Waals surface area (Å²) in [7, 11) is 0. The molecule has 0 radical (unpaired) electrons. The second-order valence-electron chi connectivity index (χ2n) is 6.23. The average Bonchev–Trinajstić information content (AvgIpc) is 2.78. The van der Waals surface area contributed by atoms with Gasteiger partial charge in [-0.05, 0) is 27.7 Å². The summed E-state index contributed by atoms with van der Waals surface area (Å²) in [6.45, 7) is 7.73. The van der Waals surface area contributed by atoms with Gasteiger partial charge in [-0.2, -0.15) is 0 Å². The molecule has 3 aliphatic heterocycles. The van der Waals surface area contributed by atoms with E-state index in [4.69, 9.17) is 23.7 Å². The minimum atomic E-state index is -0.759. The van der Waals surface area contributed by atoms with Crippen LogP contribution < -0.4 is 5.32 Å². The summed E-state index contributed by atoms with van der Waals surface area (Å²) in [4.78, 5) is 10.5. The van der Waals surface area contributed by atoms with E-state index in [-0.39, 0.29) is 24.4 Å². The highest BCUT2D eigenvalue weighted by Gasteiger charge is 2.61. The Morgan fingerprint density at radius 3 is 2.30 bits per heavy atom. The maximum atomic E-state index is 10.5. The Kier molecular flexibility index (Phi) is 3.30. The largest absolute Gasteiger partial charge is 0.356 e. The molecule has 3 saturated heterocycles. The molecule has 7 heteroatoms. The lowest BCUT2D eigenvalue weighted by molar-refractivity contribution is -0.342. The van der Waals surface area contributed by atoms with Gasteiger partial charge in [0, 0.05) is 6.54 Å². The summed E-state index contributed by atoms with van der Waals surface area (Å²) in [5, 5.41) is 2.63. The van der Waals surface area contributed by atoms with Gasteiger partial charge in [-0.3, -0.25) is 4.79 Å². The van der Waals surface area contributed by atoms with E-state index in [1.54, 1.807) is 0 Å². The van der Waals surface area contributed by atoms with Crippen LogP contribution in [0.5, 0.6) is 0 Å². The van der Waals surface area contributed by atoms with Crippen molar-refractivity contribution in [1.82, 2.24) is 5.32 Å². The number of ether oxygens (including phenoxy) is 5. The monoisotopic (exact) mass is 287 g/mol. The molecule has 0 aromatic carbocycles. The third-order valence-electron chi connectivity index (χ3n) is 3.65. The lowest BCUT2D eigenvalue weighted by atomic mass is 10.0. The number of carbonyl (C=O) groups is 1. The van der Waals surface area contributed by atoms with Crippen molar-refractivity contribution in [3.63, 3.8) is 0 Å². The highest BCUT2D eigenvalue weighted by atomic mass is 16.9. The molecular formula is C13H21NO6. The smallest absolute Gasteiger partial charge is 0.207 e. The van der Waals surface area contributed by atoms with E-state index < -0.39 is 17.9 Å². The Labute approximate surface area is 117 Å². The lowest BCUT2D eigenvalue weighted by Crippen LogP contribution is -2.58. The summed E-state index contributed by atoms with van der Waals surface area (Å²) < 4.78 is 29.2. The van der Waals surface area contributed by atoms with Crippen molar-refractivity contribution in [3.8, 4) is 0 Å². The molecule has 0 bridgehead atoms. The lowest BCUT2D eigenvalue weighted by Gasteiger charge is -2.43. The topological polar surface area (TPSA) is 75.3 Å². The minimum Gasteiger partial charge on any atom is -0.356 e. The average molecular weight is 287 g/mol. The first-order valence-corrected chi connectivity index (χ1v) is 6.85. The number of hydrogen-bond donors (Lipinski definition) is 1. The van der Waals surface area contributed by atoms with Crippen LogP contribution in [0, 0.1) is 0 Å². The molecule has 0 unspecified atom stereocenters. The van der Waals surface area contributed by atoms with Crippen molar-refractivity contribution in [1.29, 1.82) is 0 Å². The van der Waals surface area contributed by atoms with Crippen LogP contribution in [0.4, 0.5) is 0 Å². The molecule has 0 aromatic heterocycles. The molecule has 0 saturated carbocycles. The van der Waals surface area contributed by atoms with Crippen LogP contribution in [0.3, 0.4) is 0 Å². The number of amides is 1. The Hall–Kier alpha value is -0.730. The molecule has 20 heavy (non-hydrogen) atoms. The zero-order valence-electron chi connectivity index (χ0n) is 12.1. The molecule has 0 aromatic rings. The fourth-order valence-electron chi connectivity index (χ4n) is 3.05. The van der Waals surface area contributed by atoms with E-state index in [0.29, 0.717) is 13.0 Å². The van der Waals surface area contributed by atoms with E-state index in [1.807, 2.05) is 27.7 Å². The van der Waals surface area contributed by atoms with Crippen molar-refractivity contribution in [2.45, 2.75) is 70.0 Å². The molecule has 3 heterocycles. The molecule has 1 amide bonds. The third-order valence-corrected chi connectivity index (χ3v) is 3.65. The summed E-state index contributed by atoms with van der Waals surface area (Å²) in [5.74, 6) is -1.44. The highest BCUT2D eigenvalue weighted by Crippen LogP contribution is 2.44. The van der Waals surface area contributed by atoms with Crippen LogP contribution in [-0.4, -0.2) is 55.2 Å². The predicted molar refractivity (Wildman–Crippen MR) is 66.6 cm³/mol. The van der Waals surface area contributed by atoms with Gasteiger partial charge in [-0.25, -0.2) is 0 Å². The maximum Gasteiger partial charge on any atom is 0.207 e. The first-order valence-electron chi connectivity index (χ1n) is 6.85. The zero-order chi connectivity index (χ0) is 14.5. The molecule has 7 nitrogen and oxygen atoms in total. The molecule has 0 spiro atoms. The summed E-state index contributed by atoms with van der Waals surface area (Å²) in [6.07, 6.45) is -0.985. The second kappa shape index (κ2) is 4.64. The van der Waals surface area contributed by atoms with Crippen molar-refractivity contribution >= 4 is 6.41 Å². The SMILES string of the molecule is CC1(C)O[C@H]2O[C@H]3[C@H](OC(C)(C)O[C@@H]3CNC=O)[C@H]2O1. The minimum absolute atomic E-state index is 0.274. The van der Waals surface area contributed by atoms with Crippen LogP contribution in [0.25, 0.3) is 0 Å². The van der Waals surface area contributed by atoms with Crippen molar-refractivity contribution in [2.24, 2.45) is 0 Å². The summed E-state index contributed by atoms with van der Waals surface area (Å²) >= 11 is 0. The standard InChI is InChI=1S/C13H21NO6/c1-12(2)17-7(5-14-6-15)8-9(18-12)10-11(16-8)20-13(3,4)19-10/h6-11H,5H2,1-4H3,(H,14,15)/t7-,8-,9+,10-,11-/m1/s1. The van der Waals surface area contributed by atoms with E-state index in [0.717, 1.165) is 0 Å². The molecule has 1 N–H and O–H groups in total. The molecule has 3 aliphatic rings. The molecular weight excluding hydrogens is 266 g/mol. The van der Waals surface area contributed by atoms with Gasteiger partial charge >= 0.3 is 0 Å². The van der Waals surface area contributed by atoms with Gasteiger partial charge in [0.2, 0.25) is 6.41 Å². The number of rotatable bonds is 3. The first-order chi connectivity index (χ1) is 9.31. The first kappa shape index (κ1) is 14.2. The van der Waals surface area contributed by atoms with E-state index in [2.05, 4.69) is 5.32 Å². The number of carbonyl (C=O) groups excluding carboxylic acids is 1. The van der Waals surface area contributed by atoms with Crippen LogP contribution in [0.2, 0.25) is 0 Å². The van der Waals surface area contributed by atoms with Crippen molar-refractivity contribution in [2.75, 3.05) is 6.54 Å². The predicted octanol–water partition coefficient (Wildman–Crippen LogP) is 0.129. The van der Waals surface area contributed by atoms with Crippen LogP contribution >= 0.6 is 0 Å². The third kappa shape index (κ3) is 2.44. The van der Waals surface area contributed by atoms with Gasteiger partial charge in [0.15, 0.2) is 17.9 Å². The zero-order valence-corrected chi connectivity index (χ0v) is 12.1. The van der Waals surface area contributed by atoms with Crippen molar-refractivity contribution in [3.05, 3.63) is 0 Å². The van der Waals surface area contributed by atoms with Crippen LogP contribution in [0.1, 0.15) is 27.7 Å². The van der Waals surface area contributed by atoms with Gasteiger partial charge in [0.25, 0.3) is 0 Å². The number of fused-ring (bicyclic) bond motifs is 3. The molecule has 3 rings (SSSR count). The molecule has 0 aliphatic carbocycles. The van der Waals surface area contributed by atoms with Gasteiger partial charge in [0.05, 0.1) is 0 Å². The van der Waals surface area contributed by atoms with Crippen LogP contribution in [-0.2, 0) is 28.5 Å². The quantitative estimate of drug-likeness (QED) is 0.744.